The Labute approximate surface area is 667 Å². The number of imidazole rings is 1. The number of halogens is 2. The van der Waals surface area contributed by atoms with Crippen LogP contribution in [0.4, 0.5) is 43.4 Å². The monoisotopic (exact) mass is 1570 g/mol. The number of rotatable bonds is 0. The van der Waals surface area contributed by atoms with E-state index < -0.39 is 0 Å². The van der Waals surface area contributed by atoms with E-state index in [1.807, 2.05) is 121 Å². The molecule has 0 saturated carbocycles. The van der Waals surface area contributed by atoms with E-state index in [9.17, 15) is 8.78 Å². The molecule has 10 aromatic heterocycles. The minimum Gasteiger partial charge on any atom is -0.492 e. The smallest absolute Gasteiger partial charge is 0.216 e. The first-order valence-electron chi connectivity index (χ1n) is 39.4. The molecule has 0 aliphatic carbocycles. The van der Waals surface area contributed by atoms with E-state index in [2.05, 4.69) is 147 Å². The lowest BCUT2D eigenvalue weighted by atomic mass is 10.1. The number of anilines is 6. The van der Waals surface area contributed by atoms with Gasteiger partial charge in [0, 0.05) is 166 Å². The highest BCUT2D eigenvalue weighted by Crippen LogP contribution is 2.34. The largest absolute Gasteiger partial charge is 0.492 e. The predicted octanol–water partition coefficient (Wildman–Crippen LogP) is 10.8. The van der Waals surface area contributed by atoms with Crippen LogP contribution >= 0.6 is 0 Å². The van der Waals surface area contributed by atoms with Crippen LogP contribution in [0.5, 0.6) is 23.1 Å². The number of hydrogen-bond donors (Lipinski definition) is 11. The van der Waals surface area contributed by atoms with Crippen LogP contribution in [-0.2, 0) is 0 Å². The molecule has 5 aliphatic heterocycles. The standard InChI is InChI=1S/C17H18FN5O.3C17H19N5O.C16H17FN6/c18-15-3-2-12-10-13(15)14-11-21-23-8-4-16(22-17(14)23)20-6-1-5-19-7-9-24-12;1-12-10-18-6-7-19-16-5-8-22-17(21-16)15(11-20-22)13-3-2-4-14(9-13)23-12;1-3-13-11-14(4-1)23-10-9-18-7-2-8-19-16-5-6-17-20-12-15(13)22(17)21-16;1-3-13-11-14(4-1)19-7-2-6-18-8-10-23-16-5-9-22-17(21-16)15(13)12-20-22;17-14-2-1-11-9-12(14)13-10-21-23-8-3-15(22-16(13)23)20-7-5-18-4-6-19-11/h2-4,8,10-11,19H,1,5-7,9H2,(H,20,22);2-5,8-9,11-12,18H,6-7,10H2,1H3,(H,19,21);1,3-6,11-12,18H,2,7-10H2,(H,19,21);1,3-5,9,11-12,18-19H,2,6-8,10H2;1-3,8-10,18-19H,4-7H2,(H,20,22). The molecule has 1 atom stereocenters. The Kier molecular flexibility index (Phi) is 24.9. The molecule has 0 saturated heterocycles. The second-order valence-electron chi connectivity index (χ2n) is 27.9. The summed E-state index contributed by atoms with van der Waals surface area (Å²) in [4.78, 5) is 22.9. The molecule has 30 nitrogen and oxygen atoms in total. The first-order valence-corrected chi connectivity index (χ1v) is 39.4. The fourth-order valence-corrected chi connectivity index (χ4v) is 13.7. The summed E-state index contributed by atoms with van der Waals surface area (Å²) >= 11 is 0. The zero-order valence-electron chi connectivity index (χ0n) is 64.3. The third-order valence-corrected chi connectivity index (χ3v) is 19.5. The van der Waals surface area contributed by atoms with Crippen LogP contribution in [0.25, 0.3) is 84.0 Å². The fourth-order valence-electron chi connectivity index (χ4n) is 13.7. The van der Waals surface area contributed by atoms with Crippen molar-refractivity contribution < 1.29 is 27.7 Å². The lowest BCUT2D eigenvalue weighted by molar-refractivity contribution is 0.218. The van der Waals surface area contributed by atoms with Crippen molar-refractivity contribution in [2.24, 2.45) is 0 Å². The van der Waals surface area contributed by atoms with Gasteiger partial charge in [-0.25, -0.2) is 51.3 Å². The molecule has 20 bridgehead atoms. The first kappa shape index (κ1) is 76.8. The summed E-state index contributed by atoms with van der Waals surface area (Å²) in [5, 5.41) is 58.8. The molecule has 0 amide bonds. The first-order chi connectivity index (χ1) is 57.2. The number of hydrogen-bond acceptors (Lipinski definition) is 25. The van der Waals surface area contributed by atoms with Crippen molar-refractivity contribution in [2.75, 3.05) is 156 Å². The van der Waals surface area contributed by atoms with E-state index >= 15 is 0 Å². The number of fused-ring (bicyclic) bond motifs is 20. The summed E-state index contributed by atoms with van der Waals surface area (Å²) in [6.45, 7) is 17.4. The molecular weight excluding hydrogens is 1480 g/mol. The molecule has 15 aromatic rings. The predicted molar refractivity (Wildman–Crippen MR) is 448 cm³/mol. The van der Waals surface area contributed by atoms with Gasteiger partial charge in [0.2, 0.25) is 5.88 Å². The summed E-state index contributed by atoms with van der Waals surface area (Å²) in [6.07, 6.45) is 19.5. The van der Waals surface area contributed by atoms with Crippen molar-refractivity contribution in [3.8, 4) is 78.9 Å². The van der Waals surface area contributed by atoms with Gasteiger partial charge in [-0.15, -0.1) is 5.10 Å². The molecule has 32 heteroatoms. The van der Waals surface area contributed by atoms with Crippen LogP contribution in [0, 0.1) is 11.6 Å². The van der Waals surface area contributed by atoms with E-state index in [0.29, 0.717) is 65.0 Å². The topological polar surface area (TPSA) is 320 Å². The fraction of sp³-hybridized carbons (Fsp3) is 0.286. The summed E-state index contributed by atoms with van der Waals surface area (Å²) in [6, 6.07) is 45.8. The number of nitrogens with zero attached hydrogens (tertiary/aromatic N) is 15. The quantitative estimate of drug-likeness (QED) is 0.0672. The number of aromatic nitrogens is 15. The Morgan fingerprint density at radius 2 is 0.845 bits per heavy atom. The summed E-state index contributed by atoms with van der Waals surface area (Å²) in [5.41, 5.74) is 14.2. The molecule has 11 N–H and O–H groups in total. The van der Waals surface area contributed by atoms with Gasteiger partial charge in [-0.05, 0) is 160 Å². The van der Waals surface area contributed by atoms with Crippen molar-refractivity contribution in [2.45, 2.75) is 32.3 Å². The van der Waals surface area contributed by atoms with Gasteiger partial charge in [0.1, 0.15) is 78.1 Å². The van der Waals surface area contributed by atoms with Crippen molar-refractivity contribution in [1.82, 2.24) is 99.6 Å². The zero-order chi connectivity index (χ0) is 78.6. The average molecular weight is 1570 g/mol. The van der Waals surface area contributed by atoms with Crippen molar-refractivity contribution in [3.63, 3.8) is 0 Å². The van der Waals surface area contributed by atoms with E-state index in [0.717, 1.165) is 221 Å². The highest BCUT2D eigenvalue weighted by atomic mass is 19.1. The second kappa shape index (κ2) is 37.7. The van der Waals surface area contributed by atoms with Crippen LogP contribution in [0.1, 0.15) is 26.2 Å². The van der Waals surface area contributed by atoms with Gasteiger partial charge in [0.15, 0.2) is 28.2 Å². The summed E-state index contributed by atoms with van der Waals surface area (Å²) < 4.78 is 60.7. The molecule has 116 heavy (non-hydrogen) atoms. The Bertz CT molecular complexity index is 5650. The molecule has 0 fully saturated rings. The van der Waals surface area contributed by atoms with Gasteiger partial charge in [0.25, 0.3) is 0 Å². The Balaban J connectivity index is 0.000000109. The summed E-state index contributed by atoms with van der Waals surface area (Å²) in [7, 11) is 0. The van der Waals surface area contributed by atoms with Crippen LogP contribution in [-0.4, -0.2) is 204 Å². The van der Waals surface area contributed by atoms with Crippen LogP contribution in [0.15, 0.2) is 201 Å². The molecule has 1 unspecified atom stereocenters. The van der Waals surface area contributed by atoms with Crippen molar-refractivity contribution >= 4 is 62.9 Å². The molecule has 5 aromatic carbocycles. The third kappa shape index (κ3) is 19.4. The number of nitrogens with one attached hydrogen (secondary N) is 11. The van der Waals surface area contributed by atoms with Gasteiger partial charge in [-0.3, -0.25) is 0 Å². The van der Waals surface area contributed by atoms with Gasteiger partial charge in [0.05, 0.1) is 36.7 Å². The Morgan fingerprint density at radius 1 is 0.362 bits per heavy atom. The Morgan fingerprint density at radius 3 is 1.51 bits per heavy atom. The third-order valence-electron chi connectivity index (χ3n) is 19.5. The van der Waals surface area contributed by atoms with Gasteiger partial charge in [-0.2, -0.15) is 25.4 Å². The van der Waals surface area contributed by atoms with E-state index in [1.54, 1.807) is 54.7 Å². The zero-order valence-corrected chi connectivity index (χ0v) is 64.3. The van der Waals surface area contributed by atoms with Gasteiger partial charge < -0.3 is 77.4 Å². The van der Waals surface area contributed by atoms with Crippen LogP contribution in [0.3, 0.4) is 0 Å². The van der Waals surface area contributed by atoms with Crippen molar-refractivity contribution in [1.29, 1.82) is 0 Å². The Hall–Kier alpha value is -13.1. The van der Waals surface area contributed by atoms with Gasteiger partial charge in [-0.1, -0.05) is 36.4 Å². The van der Waals surface area contributed by atoms with E-state index in [1.165, 1.54) is 12.1 Å². The molecule has 0 spiro atoms. The molecule has 0 radical (unpaired) electrons. The number of benzene rings is 5. The maximum absolute atomic E-state index is 14.4. The normalized spacial score (nSPS) is 15.9. The second-order valence-corrected chi connectivity index (χ2v) is 27.9. The molecule has 596 valence electrons. The minimum atomic E-state index is -0.320. The maximum atomic E-state index is 14.4. The molecular formula is C84H92F2N26O4. The van der Waals surface area contributed by atoms with E-state index in [-0.39, 0.29) is 17.7 Å². The maximum Gasteiger partial charge on any atom is 0.216 e. The molecule has 15 heterocycles. The van der Waals surface area contributed by atoms with Crippen LogP contribution < -0.4 is 77.4 Å². The van der Waals surface area contributed by atoms with Crippen molar-refractivity contribution in [3.05, 3.63) is 213 Å². The molecule has 5 aliphatic rings. The average Bonchev–Trinajstić information content (AvgIpc) is 1.62. The summed E-state index contributed by atoms with van der Waals surface area (Å²) in [5.74, 6) is 5.63. The SMILES string of the molecule is CC1CNCCNc2ccn3ncc(c3n2)-c2cccc(c2)O1.Fc1ccc2cc1-c1cnn3ccc(nc13)NCCCNCCO2.Fc1ccc2cc1-c1cnn3ccc(nc13)NCCNCCN2.c1cc2cc(c1)-c1cnc3ccc(nn13)NCCCNCCO2.c1cc2cc(c1)-c1cnn3ccc(nc13)OCCNCCCN2. The highest BCUT2D eigenvalue weighted by molar-refractivity contribution is 5.83. The number of ether oxygens (including phenoxy) is 4. The molecule has 20 rings (SSSR count). The lowest BCUT2D eigenvalue weighted by Gasteiger charge is -2.17. The van der Waals surface area contributed by atoms with Crippen LogP contribution in [0.2, 0.25) is 0 Å². The lowest BCUT2D eigenvalue weighted by Crippen LogP contribution is -2.32. The highest BCUT2D eigenvalue weighted by Gasteiger charge is 2.20. The van der Waals surface area contributed by atoms with Gasteiger partial charge >= 0.3 is 0 Å². The van der Waals surface area contributed by atoms with E-state index in [4.69, 9.17) is 23.9 Å². The minimum absolute atomic E-state index is 0.108.